The Hall–Kier alpha value is -3.06. The summed E-state index contributed by atoms with van der Waals surface area (Å²) >= 11 is 0. The molecule has 7 heteroatoms. The zero-order chi connectivity index (χ0) is 25.3. The number of likely N-dealkylation sites (tertiary alicyclic amines) is 1. The van der Waals surface area contributed by atoms with Crippen molar-refractivity contribution in [3.63, 3.8) is 0 Å². The van der Waals surface area contributed by atoms with Crippen LogP contribution in [0.4, 0.5) is 4.39 Å². The van der Waals surface area contributed by atoms with Gasteiger partial charge in [-0.1, -0.05) is 13.8 Å². The predicted molar refractivity (Wildman–Crippen MR) is 136 cm³/mol. The number of aromatic nitrogens is 2. The van der Waals surface area contributed by atoms with Gasteiger partial charge in [0.05, 0.1) is 17.6 Å². The number of benzene rings is 1. The lowest BCUT2D eigenvalue weighted by atomic mass is 9.87. The Kier molecular flexibility index (Phi) is 7.36. The van der Waals surface area contributed by atoms with Gasteiger partial charge in [-0.05, 0) is 81.1 Å². The number of halogens is 1. The third kappa shape index (κ3) is 5.01. The molecule has 3 heterocycles. The summed E-state index contributed by atoms with van der Waals surface area (Å²) in [4.78, 5) is 32.8. The number of aryl methyl sites for hydroxylation is 1. The molecular formula is C28H35FN4O2. The highest BCUT2D eigenvalue weighted by molar-refractivity contribution is 5.90. The lowest BCUT2D eigenvalue weighted by Gasteiger charge is -2.31. The van der Waals surface area contributed by atoms with Crippen LogP contribution in [0.2, 0.25) is 0 Å². The van der Waals surface area contributed by atoms with Crippen molar-refractivity contribution in [1.29, 1.82) is 0 Å². The Morgan fingerprint density at radius 3 is 2.69 bits per heavy atom. The van der Waals surface area contributed by atoms with Crippen LogP contribution in [-0.2, 0) is 9.59 Å². The van der Waals surface area contributed by atoms with Gasteiger partial charge >= 0.3 is 0 Å². The summed E-state index contributed by atoms with van der Waals surface area (Å²) < 4.78 is 15.8. The maximum Gasteiger partial charge on any atom is 0.226 e. The number of carbonyl (C=O) groups excluding carboxylic acids is 2. The molecule has 186 valence electrons. The number of ketones is 1. The highest BCUT2D eigenvalue weighted by atomic mass is 19.1. The van der Waals surface area contributed by atoms with Crippen LogP contribution in [0.1, 0.15) is 57.2 Å². The molecule has 3 atom stereocenters. The minimum absolute atomic E-state index is 0.0512. The number of rotatable bonds is 8. The van der Waals surface area contributed by atoms with Gasteiger partial charge in [0.15, 0.2) is 0 Å². The predicted octanol–water partition coefficient (Wildman–Crippen LogP) is 4.98. The summed E-state index contributed by atoms with van der Waals surface area (Å²) in [7, 11) is 1.76. The second-order valence-electron chi connectivity index (χ2n) is 10.0. The molecule has 2 aromatic heterocycles. The first-order valence-corrected chi connectivity index (χ1v) is 12.4. The van der Waals surface area contributed by atoms with E-state index >= 15 is 0 Å². The van der Waals surface area contributed by atoms with E-state index in [0.717, 1.165) is 40.7 Å². The van der Waals surface area contributed by atoms with Gasteiger partial charge in [-0.25, -0.2) is 9.37 Å². The van der Waals surface area contributed by atoms with Crippen molar-refractivity contribution in [1.82, 2.24) is 19.8 Å². The van der Waals surface area contributed by atoms with E-state index in [9.17, 15) is 14.0 Å². The van der Waals surface area contributed by atoms with Gasteiger partial charge < -0.3 is 14.8 Å². The van der Waals surface area contributed by atoms with E-state index in [1.807, 2.05) is 55.5 Å². The molecule has 4 rings (SSSR count). The first-order chi connectivity index (χ1) is 16.7. The Morgan fingerprint density at radius 1 is 1.20 bits per heavy atom. The van der Waals surface area contributed by atoms with Gasteiger partial charge in [0.25, 0.3) is 0 Å². The summed E-state index contributed by atoms with van der Waals surface area (Å²) in [6.45, 7) is 8.50. The van der Waals surface area contributed by atoms with Crippen LogP contribution in [0.15, 0.2) is 42.7 Å². The normalized spacial score (nSPS) is 17.8. The number of hydrogen-bond donors (Lipinski definition) is 1. The van der Waals surface area contributed by atoms with E-state index in [0.29, 0.717) is 6.54 Å². The molecule has 1 fully saturated rings. The number of Topliss-reactive ketones (excluding diaryl/α,β-unsaturated/α-hetero) is 1. The highest BCUT2D eigenvalue weighted by Gasteiger charge is 2.36. The van der Waals surface area contributed by atoms with Crippen molar-refractivity contribution >= 4 is 22.6 Å². The average molecular weight is 479 g/mol. The first kappa shape index (κ1) is 25.0. The first-order valence-electron chi connectivity index (χ1n) is 12.4. The SMILES string of the molecule is CNC(C)C(=O)CC(C(=O)N1CCCC1c1ccnc(-n2cc(C)c3cc(F)ccc32)c1)C(C)C. The van der Waals surface area contributed by atoms with Crippen molar-refractivity contribution in [2.75, 3.05) is 13.6 Å². The number of nitrogens with one attached hydrogen (secondary N) is 1. The van der Waals surface area contributed by atoms with Crippen LogP contribution in [0.25, 0.3) is 16.7 Å². The van der Waals surface area contributed by atoms with E-state index in [1.54, 1.807) is 25.4 Å². The van der Waals surface area contributed by atoms with Crippen LogP contribution in [0.3, 0.4) is 0 Å². The molecule has 3 unspecified atom stereocenters. The van der Waals surface area contributed by atoms with Crippen molar-refractivity contribution in [2.24, 2.45) is 11.8 Å². The fourth-order valence-electron chi connectivity index (χ4n) is 5.08. The number of carbonyl (C=O) groups is 2. The minimum atomic E-state index is -0.342. The van der Waals surface area contributed by atoms with Gasteiger partial charge in [-0.15, -0.1) is 0 Å². The summed E-state index contributed by atoms with van der Waals surface area (Å²) in [6, 6.07) is 8.45. The smallest absolute Gasteiger partial charge is 0.226 e. The second kappa shape index (κ2) is 10.3. The van der Waals surface area contributed by atoms with Gasteiger partial charge in [0.2, 0.25) is 5.91 Å². The Morgan fingerprint density at radius 2 is 1.97 bits per heavy atom. The number of amides is 1. The third-order valence-electron chi connectivity index (χ3n) is 7.36. The fraction of sp³-hybridized carbons (Fsp3) is 0.464. The van der Waals surface area contributed by atoms with E-state index in [2.05, 4.69) is 10.3 Å². The zero-order valence-corrected chi connectivity index (χ0v) is 21.2. The maximum absolute atomic E-state index is 13.8. The molecule has 1 aliphatic heterocycles. The standard InChI is InChI=1S/C28H35FN4O2/c1-17(2)22(15-26(34)19(4)30-5)28(35)32-12-6-7-24(32)20-10-11-31-27(13-20)33-16-18(3)23-14-21(29)8-9-25(23)33/h8-11,13-14,16-17,19,22,24,30H,6-7,12,15H2,1-5H3. The summed E-state index contributed by atoms with van der Waals surface area (Å²) in [5.41, 5.74) is 2.90. The number of pyridine rings is 1. The van der Waals surface area contributed by atoms with E-state index in [1.165, 1.54) is 6.07 Å². The van der Waals surface area contributed by atoms with E-state index < -0.39 is 0 Å². The molecule has 35 heavy (non-hydrogen) atoms. The molecular weight excluding hydrogens is 443 g/mol. The zero-order valence-electron chi connectivity index (χ0n) is 21.2. The molecule has 6 nitrogen and oxygen atoms in total. The van der Waals surface area contributed by atoms with Crippen LogP contribution in [0.5, 0.6) is 0 Å². The third-order valence-corrected chi connectivity index (χ3v) is 7.36. The molecule has 1 N–H and O–H groups in total. The monoisotopic (exact) mass is 478 g/mol. The second-order valence-corrected chi connectivity index (χ2v) is 10.0. The molecule has 1 aliphatic rings. The molecule has 0 bridgehead atoms. The average Bonchev–Trinajstić information content (AvgIpc) is 3.46. The molecule has 0 saturated carbocycles. The maximum atomic E-state index is 13.8. The van der Waals surface area contributed by atoms with Gasteiger partial charge in [-0.3, -0.25) is 9.59 Å². The van der Waals surface area contributed by atoms with E-state index in [-0.39, 0.29) is 47.8 Å². The molecule has 0 spiro atoms. The number of hydrogen-bond acceptors (Lipinski definition) is 4. The largest absolute Gasteiger partial charge is 0.335 e. The van der Waals surface area contributed by atoms with Crippen LogP contribution >= 0.6 is 0 Å². The fourth-order valence-corrected chi connectivity index (χ4v) is 5.08. The van der Waals surface area contributed by atoms with Crippen LogP contribution in [-0.4, -0.2) is 45.8 Å². The molecule has 0 radical (unpaired) electrons. The Labute approximate surface area is 206 Å². The molecule has 1 saturated heterocycles. The molecule has 3 aromatic rings. The number of fused-ring (bicyclic) bond motifs is 1. The summed E-state index contributed by atoms with van der Waals surface area (Å²) in [5, 5.41) is 3.84. The summed E-state index contributed by atoms with van der Waals surface area (Å²) in [5.74, 6) is 0.320. The Balaban J connectivity index is 1.63. The number of likely N-dealkylation sites (N-methyl/N-ethyl adjacent to an activating group) is 1. The summed E-state index contributed by atoms with van der Waals surface area (Å²) in [6.07, 6.45) is 5.78. The minimum Gasteiger partial charge on any atom is -0.335 e. The van der Waals surface area contributed by atoms with Crippen molar-refractivity contribution < 1.29 is 14.0 Å². The molecule has 0 aliphatic carbocycles. The molecule has 1 aromatic carbocycles. The van der Waals surface area contributed by atoms with E-state index in [4.69, 9.17) is 0 Å². The van der Waals surface area contributed by atoms with Crippen LogP contribution in [0, 0.1) is 24.6 Å². The van der Waals surface area contributed by atoms with Gasteiger partial charge in [-0.2, -0.15) is 0 Å². The van der Waals surface area contributed by atoms with Crippen LogP contribution < -0.4 is 5.32 Å². The Bertz CT molecular complexity index is 1230. The topological polar surface area (TPSA) is 67.2 Å². The van der Waals surface area contributed by atoms with Crippen molar-refractivity contribution in [3.8, 4) is 5.82 Å². The van der Waals surface area contributed by atoms with Gasteiger partial charge in [0.1, 0.15) is 17.4 Å². The van der Waals surface area contributed by atoms with Crippen molar-refractivity contribution in [2.45, 2.75) is 59.0 Å². The number of nitrogens with zero attached hydrogens (tertiary/aromatic N) is 3. The van der Waals surface area contributed by atoms with Crippen molar-refractivity contribution in [3.05, 3.63) is 59.7 Å². The lowest BCUT2D eigenvalue weighted by Crippen LogP contribution is -2.41. The van der Waals surface area contributed by atoms with Gasteiger partial charge in [0, 0.05) is 36.7 Å². The molecule has 1 amide bonds. The quantitative estimate of drug-likeness (QED) is 0.496. The highest BCUT2D eigenvalue weighted by Crippen LogP contribution is 2.36. The lowest BCUT2D eigenvalue weighted by molar-refractivity contribution is -0.140.